The number of carboxylic acid groups (broad SMARTS) is 1. The van der Waals surface area contributed by atoms with Gasteiger partial charge in [0.15, 0.2) is 0 Å². The van der Waals surface area contributed by atoms with Gasteiger partial charge in [-0.05, 0) is 31.0 Å². The van der Waals surface area contributed by atoms with Crippen LogP contribution in [0.3, 0.4) is 0 Å². The second-order valence-corrected chi connectivity index (χ2v) is 5.92. The Hall–Kier alpha value is -1.47. The standard InChI is InChI=1S/C12H16FNO4S/c1-3-10(7-12(15)16)14-19(17,18)11-6-9(13)5-4-8(11)2/h4-6,10,14H,3,7H2,1-2H3,(H,15,16). The van der Waals surface area contributed by atoms with Gasteiger partial charge in [0.1, 0.15) is 5.82 Å². The quantitative estimate of drug-likeness (QED) is 0.834. The SMILES string of the molecule is CCC(CC(=O)O)NS(=O)(=O)c1cc(F)ccc1C. The molecule has 0 aliphatic heterocycles. The Kier molecular flexibility index (Phi) is 5.02. The van der Waals surface area contributed by atoms with Crippen molar-refractivity contribution in [2.45, 2.75) is 37.6 Å². The van der Waals surface area contributed by atoms with Crippen molar-refractivity contribution in [3.63, 3.8) is 0 Å². The summed E-state index contributed by atoms with van der Waals surface area (Å²) >= 11 is 0. The van der Waals surface area contributed by atoms with Crippen LogP contribution in [0.5, 0.6) is 0 Å². The zero-order valence-corrected chi connectivity index (χ0v) is 11.5. The molecule has 19 heavy (non-hydrogen) atoms. The Morgan fingerprint density at radius 2 is 2.11 bits per heavy atom. The summed E-state index contributed by atoms with van der Waals surface area (Å²) in [6.45, 7) is 3.22. The van der Waals surface area contributed by atoms with Crippen molar-refractivity contribution in [3.05, 3.63) is 29.6 Å². The third-order valence-corrected chi connectivity index (χ3v) is 4.34. The zero-order valence-electron chi connectivity index (χ0n) is 10.7. The van der Waals surface area contributed by atoms with Gasteiger partial charge in [-0.2, -0.15) is 0 Å². The van der Waals surface area contributed by atoms with Crippen LogP contribution in [-0.2, 0) is 14.8 Å². The number of carboxylic acids is 1. The second kappa shape index (κ2) is 6.12. The van der Waals surface area contributed by atoms with E-state index in [-0.39, 0.29) is 11.3 Å². The first-order valence-corrected chi connectivity index (χ1v) is 7.25. The van der Waals surface area contributed by atoms with E-state index in [0.29, 0.717) is 12.0 Å². The molecule has 1 aromatic rings. The van der Waals surface area contributed by atoms with Gasteiger partial charge in [0.2, 0.25) is 10.0 Å². The molecule has 1 rings (SSSR count). The summed E-state index contributed by atoms with van der Waals surface area (Å²) in [4.78, 5) is 10.4. The van der Waals surface area contributed by atoms with Crippen molar-refractivity contribution in [2.24, 2.45) is 0 Å². The molecule has 0 aliphatic rings. The van der Waals surface area contributed by atoms with Crippen LogP contribution in [0.2, 0.25) is 0 Å². The first kappa shape index (κ1) is 15.6. The highest BCUT2D eigenvalue weighted by Gasteiger charge is 2.22. The van der Waals surface area contributed by atoms with E-state index in [9.17, 15) is 17.6 Å². The lowest BCUT2D eigenvalue weighted by Gasteiger charge is -2.16. The van der Waals surface area contributed by atoms with Gasteiger partial charge >= 0.3 is 5.97 Å². The number of hydrogen-bond donors (Lipinski definition) is 2. The second-order valence-electron chi connectivity index (χ2n) is 4.23. The highest BCUT2D eigenvalue weighted by molar-refractivity contribution is 7.89. The number of carbonyl (C=O) groups is 1. The molecule has 1 atom stereocenters. The largest absolute Gasteiger partial charge is 0.481 e. The van der Waals surface area contributed by atoms with Crippen LogP contribution in [0.4, 0.5) is 4.39 Å². The van der Waals surface area contributed by atoms with Crippen LogP contribution in [0.1, 0.15) is 25.3 Å². The predicted molar refractivity (Wildman–Crippen MR) is 67.8 cm³/mol. The zero-order chi connectivity index (χ0) is 14.6. The summed E-state index contributed by atoms with van der Waals surface area (Å²) in [5.74, 6) is -1.75. The summed E-state index contributed by atoms with van der Waals surface area (Å²) in [5.41, 5.74) is 0.402. The maximum atomic E-state index is 13.1. The number of sulfonamides is 1. The number of halogens is 1. The van der Waals surface area contributed by atoms with Gasteiger partial charge in [-0.25, -0.2) is 17.5 Å². The van der Waals surface area contributed by atoms with Crippen molar-refractivity contribution in [1.29, 1.82) is 0 Å². The Balaban J connectivity index is 3.03. The molecule has 1 aromatic carbocycles. The van der Waals surface area contributed by atoms with E-state index in [1.54, 1.807) is 13.8 Å². The van der Waals surface area contributed by atoms with Crippen LogP contribution < -0.4 is 4.72 Å². The fraction of sp³-hybridized carbons (Fsp3) is 0.417. The lowest BCUT2D eigenvalue weighted by molar-refractivity contribution is -0.137. The maximum absolute atomic E-state index is 13.1. The molecule has 7 heteroatoms. The molecule has 1 unspecified atom stereocenters. The monoisotopic (exact) mass is 289 g/mol. The van der Waals surface area contributed by atoms with Gasteiger partial charge in [0.25, 0.3) is 0 Å². The van der Waals surface area contributed by atoms with Crippen LogP contribution in [0.25, 0.3) is 0 Å². The number of benzene rings is 1. The number of aryl methyl sites for hydroxylation is 1. The summed E-state index contributed by atoms with van der Waals surface area (Å²) in [5, 5.41) is 8.69. The van der Waals surface area contributed by atoms with Gasteiger partial charge in [0.05, 0.1) is 11.3 Å². The topological polar surface area (TPSA) is 83.5 Å². The van der Waals surface area contributed by atoms with Crippen LogP contribution in [-0.4, -0.2) is 25.5 Å². The van der Waals surface area contributed by atoms with Crippen LogP contribution in [0.15, 0.2) is 23.1 Å². The molecule has 0 fully saturated rings. The smallest absolute Gasteiger partial charge is 0.304 e. The summed E-state index contributed by atoms with van der Waals surface area (Å²) in [7, 11) is -3.92. The summed E-state index contributed by atoms with van der Waals surface area (Å²) in [6.07, 6.45) is 0.0178. The molecule has 0 aromatic heterocycles. The first-order valence-electron chi connectivity index (χ1n) is 5.76. The van der Waals surface area contributed by atoms with Gasteiger partial charge in [0, 0.05) is 6.04 Å². The molecule has 2 N–H and O–H groups in total. The fourth-order valence-electron chi connectivity index (χ4n) is 1.63. The molecular formula is C12H16FNO4S. The van der Waals surface area contributed by atoms with Crippen molar-refractivity contribution in [1.82, 2.24) is 4.72 Å². The van der Waals surface area contributed by atoms with E-state index >= 15 is 0 Å². The van der Waals surface area contributed by atoms with E-state index in [0.717, 1.165) is 6.07 Å². The molecule has 0 radical (unpaired) electrons. The average molecular weight is 289 g/mol. The predicted octanol–water partition coefficient (Wildman–Crippen LogP) is 1.67. The summed E-state index contributed by atoms with van der Waals surface area (Å²) < 4.78 is 39.6. The molecule has 0 aliphatic carbocycles. The van der Waals surface area contributed by atoms with Crippen LogP contribution in [0, 0.1) is 12.7 Å². The Morgan fingerprint density at radius 3 is 2.63 bits per heavy atom. The maximum Gasteiger partial charge on any atom is 0.304 e. The van der Waals surface area contributed by atoms with Gasteiger partial charge in [-0.3, -0.25) is 4.79 Å². The van der Waals surface area contributed by atoms with E-state index in [1.165, 1.54) is 12.1 Å². The number of nitrogens with one attached hydrogen (secondary N) is 1. The Morgan fingerprint density at radius 1 is 1.47 bits per heavy atom. The Labute approximate surface area is 111 Å². The number of rotatable bonds is 6. The molecule has 0 saturated heterocycles. The highest BCUT2D eigenvalue weighted by atomic mass is 32.2. The molecule has 0 saturated carbocycles. The molecule has 0 spiro atoms. The third-order valence-electron chi connectivity index (χ3n) is 2.68. The minimum Gasteiger partial charge on any atom is -0.481 e. The van der Waals surface area contributed by atoms with Crippen molar-refractivity contribution < 1.29 is 22.7 Å². The van der Waals surface area contributed by atoms with Crippen LogP contribution >= 0.6 is 0 Å². The fourth-order valence-corrected chi connectivity index (χ4v) is 3.20. The molecule has 106 valence electrons. The van der Waals surface area contributed by atoms with E-state index in [1.807, 2.05) is 0 Å². The summed E-state index contributed by atoms with van der Waals surface area (Å²) in [6, 6.07) is 2.74. The molecule has 0 bridgehead atoms. The number of hydrogen-bond acceptors (Lipinski definition) is 3. The molecular weight excluding hydrogens is 273 g/mol. The van der Waals surface area contributed by atoms with Gasteiger partial charge in [-0.1, -0.05) is 13.0 Å². The minimum absolute atomic E-state index is 0.170. The lowest BCUT2D eigenvalue weighted by Crippen LogP contribution is -2.36. The van der Waals surface area contributed by atoms with E-state index in [2.05, 4.69) is 4.72 Å². The van der Waals surface area contributed by atoms with Crippen molar-refractivity contribution in [2.75, 3.05) is 0 Å². The number of aliphatic carboxylic acids is 1. The lowest BCUT2D eigenvalue weighted by atomic mass is 10.2. The van der Waals surface area contributed by atoms with E-state index < -0.39 is 27.9 Å². The van der Waals surface area contributed by atoms with Gasteiger partial charge < -0.3 is 5.11 Å². The van der Waals surface area contributed by atoms with Gasteiger partial charge in [-0.15, -0.1) is 0 Å². The molecule has 0 heterocycles. The average Bonchev–Trinajstić information content (AvgIpc) is 2.30. The highest BCUT2D eigenvalue weighted by Crippen LogP contribution is 2.17. The first-order chi connectivity index (χ1) is 8.76. The minimum atomic E-state index is -3.92. The van der Waals surface area contributed by atoms with Crippen molar-refractivity contribution >= 4 is 16.0 Å². The third kappa shape index (κ3) is 4.29. The normalized spacial score (nSPS) is 13.2. The van der Waals surface area contributed by atoms with Crippen molar-refractivity contribution in [3.8, 4) is 0 Å². The molecule has 0 amide bonds. The van der Waals surface area contributed by atoms with E-state index in [4.69, 9.17) is 5.11 Å². The Bertz CT molecular complexity index is 571. The molecule has 5 nitrogen and oxygen atoms in total.